The Kier molecular flexibility index (Phi) is 5.74. The van der Waals surface area contributed by atoms with Crippen LogP contribution in [-0.4, -0.2) is 42.1 Å². The standard InChI is InChI=1S/C19H20FN5O4/c1-10(18(22)27)15-9-25(19(28)29-15)12-3-4-13(14(20)6-12)11-2-5-16(23-8-11)24-17(26)7-21/h2-6,8,10,15H,7,9,21H2,1H3,(H2,22,27)(H,23,24,26)/t10-,15?/m0/s1. The van der Waals surface area contributed by atoms with Crippen LogP contribution in [0.2, 0.25) is 0 Å². The van der Waals surface area contributed by atoms with Gasteiger partial charge in [0.05, 0.1) is 24.7 Å². The van der Waals surface area contributed by atoms with Crippen molar-refractivity contribution in [2.75, 3.05) is 23.3 Å². The molecule has 1 unspecified atom stereocenters. The molecule has 1 aromatic heterocycles. The molecule has 1 aliphatic rings. The smallest absolute Gasteiger partial charge is 0.414 e. The van der Waals surface area contributed by atoms with Crippen LogP contribution in [0.4, 0.5) is 20.7 Å². The fourth-order valence-corrected chi connectivity index (χ4v) is 2.87. The second-order valence-electron chi connectivity index (χ2n) is 6.57. The Labute approximate surface area is 165 Å². The second-order valence-corrected chi connectivity index (χ2v) is 6.57. The van der Waals surface area contributed by atoms with Gasteiger partial charge in [-0.1, -0.05) is 0 Å². The third-order valence-corrected chi connectivity index (χ3v) is 4.63. The minimum atomic E-state index is -0.691. The number of rotatable bonds is 6. The lowest BCUT2D eigenvalue weighted by Crippen LogP contribution is -2.34. The zero-order chi connectivity index (χ0) is 21.1. The molecule has 2 heterocycles. The third-order valence-electron chi connectivity index (χ3n) is 4.63. The number of hydrogen-bond acceptors (Lipinski definition) is 6. The molecule has 2 atom stereocenters. The molecule has 10 heteroatoms. The minimum absolute atomic E-state index is 0.0961. The van der Waals surface area contributed by atoms with E-state index in [1.165, 1.54) is 29.3 Å². The summed E-state index contributed by atoms with van der Waals surface area (Å²) in [5, 5.41) is 2.50. The number of nitrogens with two attached hydrogens (primary N) is 2. The van der Waals surface area contributed by atoms with Crippen LogP contribution in [0.5, 0.6) is 0 Å². The van der Waals surface area contributed by atoms with E-state index in [1.807, 2.05) is 0 Å². The first kappa shape index (κ1) is 20.2. The summed E-state index contributed by atoms with van der Waals surface area (Å²) >= 11 is 0. The maximum absolute atomic E-state index is 14.7. The summed E-state index contributed by atoms with van der Waals surface area (Å²) in [6, 6.07) is 7.42. The maximum atomic E-state index is 14.7. The summed E-state index contributed by atoms with van der Waals surface area (Å²) < 4.78 is 19.9. The number of hydrogen-bond donors (Lipinski definition) is 3. The molecule has 1 fully saturated rings. The molecule has 1 aliphatic heterocycles. The molecular formula is C19H20FN5O4. The number of amides is 3. The predicted molar refractivity (Wildman–Crippen MR) is 103 cm³/mol. The molecule has 3 amide bonds. The van der Waals surface area contributed by atoms with Crippen molar-refractivity contribution in [3.05, 3.63) is 42.3 Å². The summed E-state index contributed by atoms with van der Waals surface area (Å²) in [4.78, 5) is 40.0. The molecule has 0 radical (unpaired) electrons. The Hall–Kier alpha value is -3.53. The van der Waals surface area contributed by atoms with Crippen LogP contribution in [0.3, 0.4) is 0 Å². The number of anilines is 2. The molecule has 3 rings (SSSR count). The van der Waals surface area contributed by atoms with Gasteiger partial charge < -0.3 is 21.5 Å². The zero-order valence-corrected chi connectivity index (χ0v) is 15.6. The van der Waals surface area contributed by atoms with Crippen molar-refractivity contribution >= 4 is 29.4 Å². The van der Waals surface area contributed by atoms with Gasteiger partial charge in [0.1, 0.15) is 17.7 Å². The quantitative estimate of drug-likeness (QED) is 0.665. The summed E-state index contributed by atoms with van der Waals surface area (Å²) in [6.45, 7) is 1.50. The van der Waals surface area contributed by atoms with E-state index in [1.54, 1.807) is 19.1 Å². The van der Waals surface area contributed by atoms with Crippen molar-refractivity contribution in [2.24, 2.45) is 17.4 Å². The monoisotopic (exact) mass is 401 g/mol. The van der Waals surface area contributed by atoms with Crippen molar-refractivity contribution < 1.29 is 23.5 Å². The van der Waals surface area contributed by atoms with Gasteiger partial charge in [0.25, 0.3) is 0 Å². The Balaban J connectivity index is 1.78. The first-order chi connectivity index (χ1) is 13.8. The average molecular weight is 401 g/mol. The number of nitrogens with zero attached hydrogens (tertiary/aromatic N) is 2. The first-order valence-corrected chi connectivity index (χ1v) is 8.83. The van der Waals surface area contributed by atoms with Gasteiger partial charge in [0.15, 0.2) is 0 Å². The lowest BCUT2D eigenvalue weighted by Gasteiger charge is -2.16. The average Bonchev–Trinajstić information content (AvgIpc) is 3.09. The third kappa shape index (κ3) is 4.32. The van der Waals surface area contributed by atoms with Crippen LogP contribution < -0.4 is 21.7 Å². The van der Waals surface area contributed by atoms with E-state index in [0.717, 1.165) is 0 Å². The van der Waals surface area contributed by atoms with Gasteiger partial charge in [-0.25, -0.2) is 14.2 Å². The largest absolute Gasteiger partial charge is 0.443 e. The molecule has 0 spiro atoms. The van der Waals surface area contributed by atoms with Crippen molar-refractivity contribution in [1.82, 2.24) is 4.98 Å². The van der Waals surface area contributed by atoms with Crippen LogP contribution in [0.25, 0.3) is 11.1 Å². The van der Waals surface area contributed by atoms with Gasteiger partial charge in [-0.3, -0.25) is 14.5 Å². The normalized spacial score (nSPS) is 17.0. The molecule has 29 heavy (non-hydrogen) atoms. The number of benzene rings is 1. The van der Waals surface area contributed by atoms with E-state index in [9.17, 15) is 18.8 Å². The van der Waals surface area contributed by atoms with Crippen molar-refractivity contribution in [3.8, 4) is 11.1 Å². The summed E-state index contributed by atoms with van der Waals surface area (Å²) in [5.74, 6) is -1.89. The number of halogens is 1. The number of primary amides is 1. The second kappa shape index (κ2) is 8.23. The number of nitrogens with one attached hydrogen (secondary N) is 1. The fraction of sp³-hybridized carbons (Fsp3) is 0.263. The first-order valence-electron chi connectivity index (χ1n) is 8.83. The highest BCUT2D eigenvalue weighted by Crippen LogP contribution is 2.30. The van der Waals surface area contributed by atoms with E-state index in [-0.39, 0.29) is 24.6 Å². The van der Waals surface area contributed by atoms with E-state index in [4.69, 9.17) is 16.2 Å². The number of carbonyl (C=O) groups is 3. The Morgan fingerprint density at radius 2 is 2.14 bits per heavy atom. The molecule has 0 saturated carbocycles. The summed E-state index contributed by atoms with van der Waals surface area (Å²) in [7, 11) is 0. The number of aromatic nitrogens is 1. The molecule has 0 aliphatic carbocycles. The van der Waals surface area contributed by atoms with Crippen LogP contribution in [0, 0.1) is 11.7 Å². The van der Waals surface area contributed by atoms with E-state index >= 15 is 0 Å². The van der Waals surface area contributed by atoms with Crippen molar-refractivity contribution in [1.29, 1.82) is 0 Å². The predicted octanol–water partition coefficient (Wildman–Crippen LogP) is 1.23. The van der Waals surface area contributed by atoms with E-state index in [2.05, 4.69) is 10.3 Å². The Morgan fingerprint density at radius 1 is 1.38 bits per heavy atom. The summed E-state index contributed by atoms with van der Waals surface area (Å²) in [5.41, 5.74) is 11.5. The van der Waals surface area contributed by atoms with Gasteiger partial charge >= 0.3 is 6.09 Å². The van der Waals surface area contributed by atoms with Gasteiger partial charge in [-0.15, -0.1) is 0 Å². The van der Waals surface area contributed by atoms with Crippen LogP contribution in [0.1, 0.15) is 6.92 Å². The van der Waals surface area contributed by atoms with E-state index in [0.29, 0.717) is 17.1 Å². The molecule has 9 nitrogen and oxygen atoms in total. The van der Waals surface area contributed by atoms with E-state index < -0.39 is 29.8 Å². The number of ether oxygens (including phenoxy) is 1. The summed E-state index contributed by atoms with van der Waals surface area (Å²) in [6.07, 6.45) is 0.0546. The fourth-order valence-electron chi connectivity index (χ4n) is 2.87. The van der Waals surface area contributed by atoms with Crippen molar-refractivity contribution in [2.45, 2.75) is 13.0 Å². The number of pyridine rings is 1. The Morgan fingerprint density at radius 3 is 2.72 bits per heavy atom. The highest BCUT2D eigenvalue weighted by atomic mass is 19.1. The van der Waals surface area contributed by atoms with Gasteiger partial charge in [0, 0.05) is 17.3 Å². The minimum Gasteiger partial charge on any atom is -0.443 e. The lowest BCUT2D eigenvalue weighted by atomic mass is 10.0. The van der Waals surface area contributed by atoms with Crippen LogP contribution in [0.15, 0.2) is 36.5 Å². The SMILES string of the molecule is C[C@H](C(N)=O)C1CN(c2ccc(-c3ccc(NC(=O)CN)nc3)c(F)c2)C(=O)O1. The Bertz CT molecular complexity index is 950. The van der Waals surface area contributed by atoms with Gasteiger partial charge in [0.2, 0.25) is 11.8 Å². The van der Waals surface area contributed by atoms with Gasteiger partial charge in [-0.05, 0) is 37.3 Å². The molecule has 5 N–H and O–H groups in total. The molecule has 0 bridgehead atoms. The lowest BCUT2D eigenvalue weighted by molar-refractivity contribution is -0.123. The molecular weight excluding hydrogens is 381 g/mol. The van der Waals surface area contributed by atoms with Crippen LogP contribution in [-0.2, 0) is 14.3 Å². The maximum Gasteiger partial charge on any atom is 0.414 e. The highest BCUT2D eigenvalue weighted by molar-refractivity contribution is 5.92. The van der Waals surface area contributed by atoms with Crippen molar-refractivity contribution in [3.63, 3.8) is 0 Å². The topological polar surface area (TPSA) is 141 Å². The zero-order valence-electron chi connectivity index (χ0n) is 15.6. The molecule has 1 aromatic carbocycles. The number of cyclic esters (lactones) is 1. The number of carbonyl (C=O) groups excluding carboxylic acids is 3. The molecule has 2 aromatic rings. The highest BCUT2D eigenvalue weighted by Gasteiger charge is 2.37. The van der Waals surface area contributed by atoms with Crippen LogP contribution >= 0.6 is 0 Å². The molecule has 152 valence electrons. The van der Waals surface area contributed by atoms with Gasteiger partial charge in [-0.2, -0.15) is 0 Å². The molecule has 1 saturated heterocycles.